The first-order chi connectivity index (χ1) is 11.1. The van der Waals surface area contributed by atoms with Crippen molar-refractivity contribution in [2.75, 3.05) is 5.73 Å². The minimum absolute atomic E-state index is 0.0185. The molecule has 0 aromatic heterocycles. The predicted molar refractivity (Wildman–Crippen MR) is 91.0 cm³/mol. The van der Waals surface area contributed by atoms with Crippen LogP contribution in [-0.2, 0) is 0 Å². The Balaban J connectivity index is 0.000000243. The Morgan fingerprint density at radius 3 is 1.79 bits per heavy atom. The zero-order valence-electron chi connectivity index (χ0n) is 12.0. The summed E-state index contributed by atoms with van der Waals surface area (Å²) in [6.07, 6.45) is 0. The number of halogens is 2. The van der Waals surface area contributed by atoms with E-state index in [4.69, 9.17) is 40.4 Å². The summed E-state index contributed by atoms with van der Waals surface area (Å²) in [6.45, 7) is 0. The molecule has 0 spiro atoms. The molecule has 2 rings (SSSR count). The van der Waals surface area contributed by atoms with E-state index < -0.39 is 16.7 Å². The Kier molecular flexibility index (Phi) is 6.51. The summed E-state index contributed by atoms with van der Waals surface area (Å²) >= 11 is 11.1. The Morgan fingerprint density at radius 2 is 1.38 bits per heavy atom. The fourth-order valence-corrected chi connectivity index (χ4v) is 1.81. The molecule has 8 nitrogen and oxygen atoms in total. The number of nitrogen functional groups attached to an aromatic ring is 1. The van der Waals surface area contributed by atoms with Gasteiger partial charge < -0.3 is 17.2 Å². The summed E-state index contributed by atoms with van der Waals surface area (Å²) in [7, 11) is 0. The van der Waals surface area contributed by atoms with E-state index in [9.17, 15) is 19.7 Å². The molecule has 0 unspecified atom stereocenters. The number of nitrogens with zero attached hydrogens (tertiary/aromatic N) is 1. The van der Waals surface area contributed by atoms with Gasteiger partial charge in [-0.05, 0) is 30.3 Å². The van der Waals surface area contributed by atoms with E-state index in [1.807, 2.05) is 0 Å². The SMILES string of the molecule is NC(=O)c1ccc(Cl)c(N)c1.NC(=O)c1ccc(Cl)c([N+](=O)[O-])c1. The van der Waals surface area contributed by atoms with Crippen LogP contribution in [0.15, 0.2) is 36.4 Å². The maximum absolute atomic E-state index is 10.6. The first-order valence-corrected chi connectivity index (χ1v) is 6.97. The van der Waals surface area contributed by atoms with Gasteiger partial charge in [-0.25, -0.2) is 0 Å². The van der Waals surface area contributed by atoms with Gasteiger partial charge >= 0.3 is 0 Å². The second-order valence-electron chi connectivity index (χ2n) is 4.39. The van der Waals surface area contributed by atoms with Crippen LogP contribution in [0.5, 0.6) is 0 Å². The van der Waals surface area contributed by atoms with E-state index in [1.165, 1.54) is 30.3 Å². The van der Waals surface area contributed by atoms with Gasteiger partial charge in [0.2, 0.25) is 11.8 Å². The number of nitrogens with two attached hydrogens (primary N) is 3. The van der Waals surface area contributed by atoms with Crippen molar-refractivity contribution in [1.29, 1.82) is 0 Å². The van der Waals surface area contributed by atoms with Gasteiger partial charge in [-0.1, -0.05) is 23.2 Å². The van der Waals surface area contributed by atoms with Crippen molar-refractivity contribution in [1.82, 2.24) is 0 Å². The molecule has 10 heteroatoms. The number of anilines is 1. The molecule has 6 N–H and O–H groups in total. The van der Waals surface area contributed by atoms with Gasteiger partial charge in [0.05, 0.1) is 15.6 Å². The first kappa shape index (κ1) is 19.2. The van der Waals surface area contributed by atoms with Crippen molar-refractivity contribution in [2.24, 2.45) is 11.5 Å². The molecule has 2 amide bonds. The normalized spacial score (nSPS) is 9.58. The lowest BCUT2D eigenvalue weighted by Crippen LogP contribution is -2.11. The van der Waals surface area contributed by atoms with Crippen LogP contribution < -0.4 is 17.2 Å². The highest BCUT2D eigenvalue weighted by Crippen LogP contribution is 2.24. The van der Waals surface area contributed by atoms with Crippen LogP contribution in [-0.4, -0.2) is 16.7 Å². The predicted octanol–water partition coefficient (Wildman–Crippen LogP) is 2.37. The standard InChI is InChI=1S/C7H5ClN2O3.C7H7ClN2O/c8-5-2-1-4(7(9)11)3-6(5)10(12)13;8-5-2-1-4(7(10)11)3-6(5)9/h1-3H,(H2,9,11);1-3H,9H2,(H2,10,11). The fourth-order valence-electron chi connectivity index (χ4n) is 1.50. The Morgan fingerprint density at radius 1 is 0.917 bits per heavy atom. The smallest absolute Gasteiger partial charge is 0.288 e. The number of rotatable bonds is 3. The highest BCUT2D eigenvalue weighted by Gasteiger charge is 2.14. The van der Waals surface area contributed by atoms with Gasteiger partial charge in [0.1, 0.15) is 5.02 Å². The summed E-state index contributed by atoms with van der Waals surface area (Å²) in [5.41, 5.74) is 15.8. The molecule has 126 valence electrons. The van der Waals surface area contributed by atoms with Crippen molar-refractivity contribution in [2.45, 2.75) is 0 Å². The third-order valence-electron chi connectivity index (χ3n) is 2.71. The molecule has 0 atom stereocenters. The van der Waals surface area contributed by atoms with E-state index in [-0.39, 0.29) is 16.3 Å². The second-order valence-corrected chi connectivity index (χ2v) is 5.20. The van der Waals surface area contributed by atoms with E-state index >= 15 is 0 Å². The number of carbonyl (C=O) groups excluding carboxylic acids is 2. The molecule has 0 aliphatic carbocycles. The van der Waals surface area contributed by atoms with Crippen LogP contribution in [0.25, 0.3) is 0 Å². The number of amides is 2. The van der Waals surface area contributed by atoms with Crippen molar-refractivity contribution in [3.63, 3.8) is 0 Å². The van der Waals surface area contributed by atoms with Crippen LogP contribution in [0.4, 0.5) is 11.4 Å². The van der Waals surface area contributed by atoms with Gasteiger partial charge in [-0.3, -0.25) is 19.7 Å². The van der Waals surface area contributed by atoms with Gasteiger partial charge in [0.15, 0.2) is 0 Å². The highest BCUT2D eigenvalue weighted by molar-refractivity contribution is 6.33. The molecule has 0 aliphatic rings. The number of nitro benzene ring substituents is 1. The number of hydrogen-bond donors (Lipinski definition) is 3. The van der Waals surface area contributed by atoms with Crippen molar-refractivity contribution in [3.8, 4) is 0 Å². The van der Waals surface area contributed by atoms with Gasteiger partial charge in [-0.15, -0.1) is 0 Å². The first-order valence-electron chi connectivity index (χ1n) is 6.22. The molecule has 0 aliphatic heterocycles. The number of benzene rings is 2. The largest absolute Gasteiger partial charge is 0.398 e. The van der Waals surface area contributed by atoms with E-state index in [0.29, 0.717) is 16.3 Å². The lowest BCUT2D eigenvalue weighted by Gasteiger charge is -1.98. The number of nitro groups is 1. The molecular weight excluding hydrogens is 359 g/mol. The molecule has 0 saturated carbocycles. The van der Waals surface area contributed by atoms with Gasteiger partial charge in [0.25, 0.3) is 5.69 Å². The summed E-state index contributed by atoms with van der Waals surface area (Å²) in [5, 5.41) is 10.8. The average molecular weight is 371 g/mol. The Hall–Kier alpha value is -2.84. The maximum Gasteiger partial charge on any atom is 0.288 e. The topological polar surface area (TPSA) is 155 Å². The molecule has 2 aromatic carbocycles. The van der Waals surface area contributed by atoms with Crippen LogP contribution >= 0.6 is 23.2 Å². The number of primary amides is 2. The van der Waals surface area contributed by atoms with E-state index in [2.05, 4.69) is 0 Å². The molecule has 2 aromatic rings. The lowest BCUT2D eigenvalue weighted by molar-refractivity contribution is -0.384. The third-order valence-corrected chi connectivity index (χ3v) is 3.37. The molecule has 24 heavy (non-hydrogen) atoms. The van der Waals surface area contributed by atoms with Gasteiger partial charge in [-0.2, -0.15) is 0 Å². The zero-order valence-corrected chi connectivity index (χ0v) is 13.5. The lowest BCUT2D eigenvalue weighted by atomic mass is 10.2. The van der Waals surface area contributed by atoms with Crippen LogP contribution in [0.1, 0.15) is 20.7 Å². The minimum atomic E-state index is -0.722. The van der Waals surface area contributed by atoms with Gasteiger partial charge in [0, 0.05) is 17.2 Å². The monoisotopic (exact) mass is 370 g/mol. The van der Waals surface area contributed by atoms with Crippen molar-refractivity contribution >= 4 is 46.4 Å². The molecule has 0 heterocycles. The summed E-state index contributed by atoms with van der Waals surface area (Å²) < 4.78 is 0. The highest BCUT2D eigenvalue weighted by atomic mass is 35.5. The van der Waals surface area contributed by atoms with Crippen molar-refractivity contribution in [3.05, 3.63) is 67.7 Å². The summed E-state index contributed by atoms with van der Waals surface area (Å²) in [5.74, 6) is -1.23. The fraction of sp³-hybridized carbons (Fsp3) is 0. The molecule has 0 bridgehead atoms. The van der Waals surface area contributed by atoms with E-state index in [1.54, 1.807) is 0 Å². The Bertz CT molecular complexity index is 811. The molecule has 0 saturated heterocycles. The van der Waals surface area contributed by atoms with Crippen LogP contribution in [0.2, 0.25) is 10.0 Å². The third kappa shape index (κ3) is 5.11. The number of carbonyl (C=O) groups is 2. The van der Waals surface area contributed by atoms with E-state index in [0.717, 1.165) is 6.07 Å². The molecule has 0 fully saturated rings. The maximum atomic E-state index is 10.6. The summed E-state index contributed by atoms with van der Waals surface area (Å²) in [4.78, 5) is 30.9. The van der Waals surface area contributed by atoms with Crippen LogP contribution in [0.3, 0.4) is 0 Å². The zero-order chi connectivity index (χ0) is 18.4. The quantitative estimate of drug-likeness (QED) is 0.429. The minimum Gasteiger partial charge on any atom is -0.398 e. The van der Waals surface area contributed by atoms with Crippen molar-refractivity contribution < 1.29 is 14.5 Å². The molecule has 0 radical (unpaired) electrons. The molecular formula is C14H12Cl2N4O4. The second kappa shape index (κ2) is 8.14. The Labute approximate surface area is 146 Å². The summed E-state index contributed by atoms with van der Waals surface area (Å²) in [6, 6.07) is 8.16. The number of hydrogen-bond acceptors (Lipinski definition) is 5. The average Bonchev–Trinajstić information content (AvgIpc) is 2.50. The van der Waals surface area contributed by atoms with Crippen LogP contribution in [0, 0.1) is 10.1 Å².